The highest BCUT2D eigenvalue weighted by Crippen LogP contribution is 2.27. The van der Waals surface area contributed by atoms with Crippen LogP contribution >= 0.6 is 34.5 Å². The molecule has 0 unspecified atom stereocenters. The number of thiophene rings is 1. The van der Waals surface area contributed by atoms with E-state index in [9.17, 15) is 8.42 Å². The molecule has 0 amide bonds. The molecule has 80 valence electrons. The van der Waals surface area contributed by atoms with E-state index in [4.69, 9.17) is 23.2 Å². The van der Waals surface area contributed by atoms with Crippen molar-refractivity contribution < 1.29 is 8.42 Å². The Labute approximate surface area is 100 Å². The maximum atomic E-state index is 11.9. The minimum Gasteiger partial charge on any atom is -0.198 e. The third-order valence-corrected chi connectivity index (χ3v) is 5.02. The topological polar surface area (TPSA) is 52.0 Å². The molecule has 0 atom stereocenters. The third kappa shape index (κ3) is 2.03. The Morgan fingerprint density at radius 1 is 1.33 bits per heavy atom. The van der Waals surface area contributed by atoms with Crippen LogP contribution in [0.2, 0.25) is 9.36 Å². The smallest absolute Gasteiger partial charge is 0.198 e. The van der Waals surface area contributed by atoms with Gasteiger partial charge in [-0.05, 0) is 12.1 Å². The normalized spacial score (nSPS) is 11.9. The molecule has 0 spiro atoms. The van der Waals surface area contributed by atoms with Crippen LogP contribution < -0.4 is 0 Å². The maximum absolute atomic E-state index is 11.9. The van der Waals surface area contributed by atoms with E-state index in [1.165, 1.54) is 24.5 Å². The Balaban J connectivity index is 2.53. The molecule has 2 rings (SSSR count). The molecular weight excluding hydrogens is 279 g/mol. The van der Waals surface area contributed by atoms with E-state index in [1.54, 1.807) is 0 Å². The number of aromatic nitrogens is 2. The van der Waals surface area contributed by atoms with Gasteiger partial charge < -0.3 is 0 Å². The summed E-state index contributed by atoms with van der Waals surface area (Å²) in [6.45, 7) is 0. The highest BCUT2D eigenvalue weighted by atomic mass is 35.5. The zero-order valence-electron chi connectivity index (χ0n) is 7.09. The standard InChI is InChI=1S/C7H4Cl2N2O2S2/c8-5-3-10-11(4-5)15(12,13)7-2-1-6(9)14-7/h1-4H. The molecule has 0 aliphatic heterocycles. The fraction of sp³-hybridized carbons (Fsp3) is 0. The summed E-state index contributed by atoms with van der Waals surface area (Å²) in [6.07, 6.45) is 2.48. The second kappa shape index (κ2) is 3.79. The lowest BCUT2D eigenvalue weighted by molar-refractivity contribution is 0.582. The van der Waals surface area contributed by atoms with Crippen LogP contribution in [0.5, 0.6) is 0 Å². The fourth-order valence-electron chi connectivity index (χ4n) is 0.944. The second-order valence-corrected chi connectivity index (χ2v) is 6.77. The molecular formula is C7H4Cl2N2O2S2. The van der Waals surface area contributed by atoms with Gasteiger partial charge in [-0.15, -0.1) is 11.3 Å². The Morgan fingerprint density at radius 3 is 2.53 bits per heavy atom. The molecule has 0 radical (unpaired) electrons. The van der Waals surface area contributed by atoms with Crippen molar-refractivity contribution in [2.75, 3.05) is 0 Å². The maximum Gasteiger partial charge on any atom is 0.292 e. The summed E-state index contributed by atoms with van der Waals surface area (Å²) in [7, 11) is -3.64. The van der Waals surface area contributed by atoms with Crippen LogP contribution in [0.15, 0.2) is 28.7 Å². The molecule has 2 aromatic heterocycles. The van der Waals surface area contributed by atoms with Crippen LogP contribution in [0, 0.1) is 0 Å². The van der Waals surface area contributed by atoms with Gasteiger partial charge in [0, 0.05) is 0 Å². The van der Waals surface area contributed by atoms with Gasteiger partial charge in [0.15, 0.2) is 0 Å². The number of nitrogens with zero attached hydrogens (tertiary/aromatic N) is 2. The summed E-state index contributed by atoms with van der Waals surface area (Å²) < 4.78 is 25.1. The minimum atomic E-state index is -3.64. The Bertz CT molecular complexity index is 541. The lowest BCUT2D eigenvalue weighted by atomic mass is 10.7. The molecule has 4 nitrogen and oxygen atoms in total. The average molecular weight is 283 g/mol. The lowest BCUT2D eigenvalue weighted by Crippen LogP contribution is -2.11. The second-order valence-electron chi connectivity index (χ2n) is 2.59. The van der Waals surface area contributed by atoms with Crippen LogP contribution in [0.25, 0.3) is 0 Å². The Kier molecular flexibility index (Phi) is 2.76. The molecule has 0 saturated heterocycles. The van der Waals surface area contributed by atoms with Crippen LogP contribution in [0.3, 0.4) is 0 Å². The van der Waals surface area contributed by atoms with Crippen molar-refractivity contribution in [1.82, 2.24) is 9.19 Å². The lowest BCUT2D eigenvalue weighted by Gasteiger charge is -1.99. The molecule has 8 heteroatoms. The zero-order valence-corrected chi connectivity index (χ0v) is 10.2. The zero-order chi connectivity index (χ0) is 11.1. The number of halogens is 2. The van der Waals surface area contributed by atoms with E-state index in [0.29, 0.717) is 4.34 Å². The van der Waals surface area contributed by atoms with Crippen molar-refractivity contribution in [3.8, 4) is 0 Å². The molecule has 15 heavy (non-hydrogen) atoms. The van der Waals surface area contributed by atoms with E-state index in [-0.39, 0.29) is 9.23 Å². The first-order valence-electron chi connectivity index (χ1n) is 3.71. The van der Waals surface area contributed by atoms with Gasteiger partial charge in [0.1, 0.15) is 4.21 Å². The van der Waals surface area contributed by atoms with Gasteiger partial charge in [-0.2, -0.15) is 17.6 Å². The van der Waals surface area contributed by atoms with Crippen LogP contribution in [0.4, 0.5) is 0 Å². The van der Waals surface area contributed by atoms with Gasteiger partial charge in [-0.3, -0.25) is 0 Å². The van der Waals surface area contributed by atoms with E-state index in [2.05, 4.69) is 5.10 Å². The average Bonchev–Trinajstić information content (AvgIpc) is 2.74. The van der Waals surface area contributed by atoms with E-state index < -0.39 is 10.0 Å². The van der Waals surface area contributed by atoms with Crippen LogP contribution in [-0.2, 0) is 10.0 Å². The summed E-state index contributed by atoms with van der Waals surface area (Å²) in [5, 5.41) is 3.90. The number of rotatable bonds is 2. The minimum absolute atomic E-state index is 0.132. The van der Waals surface area contributed by atoms with E-state index in [0.717, 1.165) is 15.4 Å². The summed E-state index contributed by atoms with van der Waals surface area (Å²) in [6, 6.07) is 2.95. The van der Waals surface area contributed by atoms with Gasteiger partial charge in [-0.25, -0.2) is 0 Å². The molecule has 0 aromatic carbocycles. The van der Waals surface area contributed by atoms with Crippen molar-refractivity contribution in [3.63, 3.8) is 0 Å². The third-order valence-electron chi connectivity index (χ3n) is 1.58. The largest absolute Gasteiger partial charge is 0.292 e. The summed E-state index contributed by atoms with van der Waals surface area (Å²) >= 11 is 12.2. The van der Waals surface area contributed by atoms with E-state index in [1.807, 2.05) is 0 Å². The summed E-state index contributed by atoms with van der Waals surface area (Å²) in [5.74, 6) is 0. The quantitative estimate of drug-likeness (QED) is 0.850. The van der Waals surface area contributed by atoms with Gasteiger partial charge in [-0.1, -0.05) is 23.2 Å². The van der Waals surface area contributed by atoms with E-state index >= 15 is 0 Å². The molecule has 0 N–H and O–H groups in total. The van der Waals surface area contributed by atoms with Crippen LogP contribution in [0.1, 0.15) is 0 Å². The van der Waals surface area contributed by atoms with Gasteiger partial charge in [0.05, 0.1) is 21.8 Å². The highest BCUT2D eigenvalue weighted by Gasteiger charge is 2.19. The molecule has 0 aliphatic rings. The van der Waals surface area contributed by atoms with Crippen molar-refractivity contribution in [2.24, 2.45) is 0 Å². The molecule has 0 saturated carbocycles. The number of hydrogen-bond donors (Lipinski definition) is 0. The first-order valence-corrected chi connectivity index (χ1v) is 6.72. The van der Waals surface area contributed by atoms with Crippen LogP contribution in [-0.4, -0.2) is 17.6 Å². The molecule has 0 bridgehead atoms. The molecule has 0 fully saturated rings. The first kappa shape index (κ1) is 10.9. The van der Waals surface area contributed by atoms with Gasteiger partial charge in [0.2, 0.25) is 0 Å². The predicted molar refractivity (Wildman–Crippen MR) is 59.1 cm³/mol. The predicted octanol–water partition coefficient (Wildman–Crippen LogP) is 2.49. The molecule has 2 heterocycles. The van der Waals surface area contributed by atoms with Gasteiger partial charge in [0.25, 0.3) is 10.0 Å². The SMILES string of the molecule is O=S(=O)(c1ccc(Cl)s1)n1cc(Cl)cn1. The Morgan fingerprint density at radius 2 is 2.07 bits per heavy atom. The molecule has 2 aromatic rings. The molecule has 0 aliphatic carbocycles. The summed E-state index contributed by atoms with van der Waals surface area (Å²) in [4.78, 5) is 0. The monoisotopic (exact) mass is 282 g/mol. The van der Waals surface area contributed by atoms with Gasteiger partial charge >= 0.3 is 0 Å². The first-order chi connectivity index (χ1) is 7.00. The summed E-state index contributed by atoms with van der Waals surface area (Å²) in [5.41, 5.74) is 0. The fourth-order valence-corrected chi connectivity index (χ4v) is 3.82. The Hall–Kier alpha value is -0.560. The number of hydrogen-bond acceptors (Lipinski definition) is 4. The van der Waals surface area contributed by atoms with Crippen molar-refractivity contribution in [2.45, 2.75) is 4.21 Å². The highest BCUT2D eigenvalue weighted by molar-refractivity contribution is 7.92. The van der Waals surface area contributed by atoms with Crippen molar-refractivity contribution in [3.05, 3.63) is 33.9 Å². The van der Waals surface area contributed by atoms with Crippen molar-refractivity contribution >= 4 is 44.6 Å². The van der Waals surface area contributed by atoms with Crippen molar-refractivity contribution in [1.29, 1.82) is 0 Å².